The molecule has 1 amide bonds. The van der Waals surface area contributed by atoms with Crippen molar-refractivity contribution in [2.45, 2.75) is 6.92 Å². The summed E-state index contributed by atoms with van der Waals surface area (Å²) in [6.07, 6.45) is 0. The van der Waals surface area contributed by atoms with Crippen LogP contribution in [0.1, 0.15) is 26.3 Å². The fourth-order valence-corrected chi connectivity index (χ4v) is 1.98. The number of benzene rings is 1. The molecule has 1 heterocycles. The monoisotopic (exact) mass is 249 g/mol. The van der Waals surface area contributed by atoms with Gasteiger partial charge in [0, 0.05) is 18.7 Å². The summed E-state index contributed by atoms with van der Waals surface area (Å²) in [5.74, 6) is -1.15. The number of aromatic carboxylic acids is 1. The lowest BCUT2D eigenvalue weighted by Crippen LogP contribution is -2.40. The molecular formula is C13H15NO4. The maximum Gasteiger partial charge on any atom is 0.335 e. The van der Waals surface area contributed by atoms with E-state index in [1.54, 1.807) is 24.0 Å². The van der Waals surface area contributed by atoms with E-state index in [4.69, 9.17) is 9.84 Å². The fraction of sp³-hybridized carbons (Fsp3) is 0.385. The Labute approximate surface area is 105 Å². The highest BCUT2D eigenvalue weighted by Crippen LogP contribution is 2.13. The van der Waals surface area contributed by atoms with Crippen molar-refractivity contribution < 1.29 is 19.4 Å². The summed E-state index contributed by atoms with van der Waals surface area (Å²) >= 11 is 0. The lowest BCUT2D eigenvalue weighted by atomic mass is 10.1. The zero-order valence-corrected chi connectivity index (χ0v) is 10.2. The van der Waals surface area contributed by atoms with Crippen LogP contribution >= 0.6 is 0 Å². The minimum absolute atomic E-state index is 0.135. The topological polar surface area (TPSA) is 66.8 Å². The smallest absolute Gasteiger partial charge is 0.335 e. The molecular weight excluding hydrogens is 234 g/mol. The normalized spacial score (nSPS) is 15.5. The van der Waals surface area contributed by atoms with Gasteiger partial charge in [-0.2, -0.15) is 0 Å². The third kappa shape index (κ3) is 2.68. The number of ether oxygens (including phenoxy) is 1. The molecule has 1 saturated heterocycles. The molecule has 0 saturated carbocycles. The first-order valence-corrected chi connectivity index (χ1v) is 5.80. The Kier molecular flexibility index (Phi) is 3.62. The first-order chi connectivity index (χ1) is 8.58. The van der Waals surface area contributed by atoms with Crippen LogP contribution in [-0.4, -0.2) is 48.2 Å². The molecule has 0 spiro atoms. The Balaban J connectivity index is 2.26. The number of hydrogen-bond donors (Lipinski definition) is 1. The average molecular weight is 249 g/mol. The maximum absolute atomic E-state index is 12.2. The van der Waals surface area contributed by atoms with Gasteiger partial charge in [0.05, 0.1) is 18.8 Å². The second kappa shape index (κ2) is 5.18. The lowest BCUT2D eigenvalue weighted by molar-refractivity contribution is 0.0303. The van der Waals surface area contributed by atoms with Crippen LogP contribution in [0.2, 0.25) is 0 Å². The summed E-state index contributed by atoms with van der Waals surface area (Å²) in [7, 11) is 0. The molecule has 1 aromatic rings. The highest BCUT2D eigenvalue weighted by molar-refractivity contribution is 5.97. The summed E-state index contributed by atoms with van der Waals surface area (Å²) < 4.78 is 5.18. The fourth-order valence-electron chi connectivity index (χ4n) is 1.98. The zero-order valence-electron chi connectivity index (χ0n) is 10.2. The van der Waals surface area contributed by atoms with Crippen LogP contribution in [0.5, 0.6) is 0 Å². The Bertz CT molecular complexity index is 478. The average Bonchev–Trinajstić information content (AvgIpc) is 2.38. The summed E-state index contributed by atoms with van der Waals surface area (Å²) in [6, 6.07) is 4.69. The first kappa shape index (κ1) is 12.6. The molecule has 1 fully saturated rings. The van der Waals surface area contributed by atoms with Crippen molar-refractivity contribution in [2.24, 2.45) is 0 Å². The number of carboxylic acid groups (broad SMARTS) is 1. The number of carbonyl (C=O) groups excluding carboxylic acids is 1. The van der Waals surface area contributed by atoms with Gasteiger partial charge in [0.15, 0.2) is 0 Å². The predicted molar refractivity (Wildman–Crippen MR) is 64.9 cm³/mol. The SMILES string of the molecule is Cc1cc(C(=O)O)cc(C(=O)N2CCOCC2)c1. The van der Waals surface area contributed by atoms with Crippen LogP contribution in [0.3, 0.4) is 0 Å². The summed E-state index contributed by atoms with van der Waals surface area (Å²) in [4.78, 5) is 24.8. The van der Waals surface area contributed by atoms with E-state index < -0.39 is 5.97 Å². The van der Waals surface area contributed by atoms with Crippen molar-refractivity contribution in [3.05, 3.63) is 34.9 Å². The van der Waals surface area contributed by atoms with E-state index >= 15 is 0 Å². The molecule has 0 unspecified atom stereocenters. The van der Waals surface area contributed by atoms with E-state index in [0.29, 0.717) is 31.9 Å². The van der Waals surface area contributed by atoms with Crippen molar-refractivity contribution in [1.29, 1.82) is 0 Å². The lowest BCUT2D eigenvalue weighted by Gasteiger charge is -2.27. The van der Waals surface area contributed by atoms with Gasteiger partial charge in [-0.15, -0.1) is 0 Å². The highest BCUT2D eigenvalue weighted by Gasteiger charge is 2.19. The van der Waals surface area contributed by atoms with Crippen LogP contribution in [-0.2, 0) is 4.74 Å². The van der Waals surface area contributed by atoms with Gasteiger partial charge in [-0.05, 0) is 30.7 Å². The van der Waals surface area contributed by atoms with Gasteiger partial charge in [0.1, 0.15) is 0 Å². The van der Waals surface area contributed by atoms with Crippen molar-refractivity contribution in [1.82, 2.24) is 4.90 Å². The van der Waals surface area contributed by atoms with Gasteiger partial charge in [0.2, 0.25) is 0 Å². The Morgan fingerprint density at radius 3 is 2.39 bits per heavy atom. The van der Waals surface area contributed by atoms with Gasteiger partial charge in [0.25, 0.3) is 5.91 Å². The number of morpholine rings is 1. The molecule has 0 bridgehead atoms. The van der Waals surface area contributed by atoms with E-state index in [0.717, 1.165) is 5.56 Å². The molecule has 1 aliphatic heterocycles. The Morgan fingerprint density at radius 2 is 1.78 bits per heavy atom. The summed E-state index contributed by atoms with van der Waals surface area (Å²) in [6.45, 7) is 3.94. The molecule has 5 heteroatoms. The molecule has 0 atom stereocenters. The van der Waals surface area contributed by atoms with Crippen molar-refractivity contribution in [3.63, 3.8) is 0 Å². The van der Waals surface area contributed by atoms with E-state index in [2.05, 4.69) is 0 Å². The van der Waals surface area contributed by atoms with Gasteiger partial charge in [-0.25, -0.2) is 4.79 Å². The predicted octanol–water partition coefficient (Wildman–Crippen LogP) is 1.17. The number of aryl methyl sites for hydroxylation is 1. The van der Waals surface area contributed by atoms with Gasteiger partial charge in [-0.3, -0.25) is 4.79 Å². The van der Waals surface area contributed by atoms with Gasteiger partial charge < -0.3 is 14.7 Å². The third-order valence-corrected chi connectivity index (χ3v) is 2.87. The van der Waals surface area contributed by atoms with Crippen LogP contribution in [0.4, 0.5) is 0 Å². The molecule has 96 valence electrons. The number of nitrogens with zero attached hydrogens (tertiary/aromatic N) is 1. The van der Waals surface area contributed by atoms with E-state index in [9.17, 15) is 9.59 Å². The Hall–Kier alpha value is -1.88. The van der Waals surface area contributed by atoms with Crippen molar-refractivity contribution in [3.8, 4) is 0 Å². The summed E-state index contributed by atoms with van der Waals surface area (Å²) in [5, 5.41) is 8.98. The minimum Gasteiger partial charge on any atom is -0.478 e. The van der Waals surface area contributed by atoms with E-state index in [1.165, 1.54) is 6.07 Å². The molecule has 0 aromatic heterocycles. The second-order valence-electron chi connectivity index (χ2n) is 4.30. The van der Waals surface area contributed by atoms with E-state index in [-0.39, 0.29) is 11.5 Å². The first-order valence-electron chi connectivity index (χ1n) is 5.80. The molecule has 5 nitrogen and oxygen atoms in total. The zero-order chi connectivity index (χ0) is 13.1. The van der Waals surface area contributed by atoms with E-state index in [1.807, 2.05) is 0 Å². The largest absolute Gasteiger partial charge is 0.478 e. The minimum atomic E-state index is -1.02. The standard InChI is InChI=1S/C13H15NO4/c1-9-6-10(8-11(7-9)13(16)17)12(15)14-2-4-18-5-3-14/h6-8H,2-5H2,1H3,(H,16,17). The maximum atomic E-state index is 12.2. The second-order valence-corrected chi connectivity index (χ2v) is 4.30. The van der Waals surface area contributed by atoms with Gasteiger partial charge >= 0.3 is 5.97 Å². The molecule has 0 radical (unpaired) electrons. The molecule has 18 heavy (non-hydrogen) atoms. The van der Waals surface area contributed by atoms with Crippen molar-refractivity contribution >= 4 is 11.9 Å². The third-order valence-electron chi connectivity index (χ3n) is 2.87. The molecule has 0 aliphatic carbocycles. The number of rotatable bonds is 2. The van der Waals surface area contributed by atoms with Crippen LogP contribution < -0.4 is 0 Å². The molecule has 1 N–H and O–H groups in total. The van der Waals surface area contributed by atoms with Crippen LogP contribution in [0.25, 0.3) is 0 Å². The summed E-state index contributed by atoms with van der Waals surface area (Å²) in [5.41, 5.74) is 1.34. The number of hydrogen-bond acceptors (Lipinski definition) is 3. The number of carbonyl (C=O) groups is 2. The Morgan fingerprint density at radius 1 is 1.17 bits per heavy atom. The quantitative estimate of drug-likeness (QED) is 0.854. The number of amides is 1. The highest BCUT2D eigenvalue weighted by atomic mass is 16.5. The van der Waals surface area contributed by atoms with Crippen molar-refractivity contribution in [2.75, 3.05) is 26.3 Å². The molecule has 1 aromatic carbocycles. The van der Waals surface area contributed by atoms with Crippen LogP contribution in [0, 0.1) is 6.92 Å². The van der Waals surface area contributed by atoms with Crippen LogP contribution in [0.15, 0.2) is 18.2 Å². The number of carboxylic acids is 1. The molecule has 1 aliphatic rings. The molecule has 2 rings (SSSR count). The van der Waals surface area contributed by atoms with Gasteiger partial charge in [-0.1, -0.05) is 0 Å².